The van der Waals surface area contributed by atoms with E-state index in [0.717, 1.165) is 0 Å². The summed E-state index contributed by atoms with van der Waals surface area (Å²) in [6.45, 7) is 23.8. The molecule has 0 spiro atoms. The van der Waals surface area contributed by atoms with Crippen LogP contribution in [0.3, 0.4) is 0 Å². The van der Waals surface area contributed by atoms with E-state index in [1.807, 2.05) is 0 Å². The maximum absolute atomic E-state index is 6.25. The molecule has 0 heterocycles. The first kappa shape index (κ1) is 84.6. The first-order valence-corrected chi connectivity index (χ1v) is 1.12. The van der Waals surface area contributed by atoms with Crippen LogP contribution in [-0.4, -0.2) is 0 Å². The molecule has 0 aliphatic carbocycles. The Labute approximate surface area is 89.2 Å². The van der Waals surface area contributed by atoms with Crippen LogP contribution in [0.1, 0.15) is 7.43 Å². The third-order valence-corrected chi connectivity index (χ3v) is 0. The van der Waals surface area contributed by atoms with E-state index in [4.69, 9.17) is 59.2 Å². The van der Waals surface area contributed by atoms with Gasteiger partial charge >= 0.3 is 22.4 Å². The average Bonchev–Trinajstić information content (AvgIpc) is 2.20. The van der Waals surface area contributed by atoms with Gasteiger partial charge in [-0.05, 0) is 0 Å². The maximum atomic E-state index is 6.25. The van der Waals surface area contributed by atoms with Gasteiger partial charge in [0.25, 0.3) is 0 Å². The van der Waals surface area contributed by atoms with Crippen LogP contribution in [0.4, 0.5) is 0 Å². The average molecular weight is 239 g/mol. The summed E-state index contributed by atoms with van der Waals surface area (Å²) in [5.74, 6) is 0. The molecule has 0 aromatic heterocycles. The summed E-state index contributed by atoms with van der Waals surface area (Å²) in [6, 6.07) is 0. The quantitative estimate of drug-likeness (QED) is 0.463. The van der Waals surface area contributed by atoms with Crippen LogP contribution in [0.15, 0.2) is 0 Å². The normalized spacial score (nSPS) is 0.833. The molecule has 0 aliphatic rings. The van der Waals surface area contributed by atoms with Crippen LogP contribution in [0.5, 0.6) is 0 Å². The molecule has 0 unspecified atom stereocenters. The maximum Gasteiger partial charge on any atom is 5.00 e. The zero-order valence-electron chi connectivity index (χ0n) is 5.18. The number of hydrogen-bond donors (Lipinski definition) is 0. The first-order valence-electron chi connectivity index (χ1n) is 1.12. The van der Waals surface area contributed by atoms with Crippen molar-refractivity contribution in [2.75, 3.05) is 0 Å². The Balaban J connectivity index is -0.00000000500. The van der Waals surface area contributed by atoms with Crippen molar-refractivity contribution in [2.24, 2.45) is 0 Å². The van der Waals surface area contributed by atoms with Gasteiger partial charge in [-0.1, -0.05) is 7.43 Å². The largest absolute Gasteiger partial charge is 5.00 e. The molecule has 0 aromatic carbocycles. The minimum absolute atomic E-state index is 0. The predicted octanol–water partition coefficient (Wildman–Crippen LogP) is 1.12. The number of nitrogens with zero attached hydrogens (tertiary/aromatic N) is 5. The van der Waals surface area contributed by atoms with Crippen LogP contribution in [-0.2, 0) is 22.4 Å². The molecule has 0 bridgehead atoms. The molecule has 6 heteroatoms. The van der Waals surface area contributed by atoms with Gasteiger partial charge in [-0.25, -0.2) is 0 Å². The molecule has 0 rings (SSSR count). The second-order valence-electron chi connectivity index (χ2n) is 0. The zero-order valence-corrected chi connectivity index (χ0v) is 7.38. The summed E-state index contributed by atoms with van der Waals surface area (Å²) >= 11 is 0. The summed E-state index contributed by atoms with van der Waals surface area (Å²) < 4.78 is 0. The Hall–Kier alpha value is -1.81. The fraction of sp³-hybridized carbons (Fsp3) is 0.167. The van der Waals surface area contributed by atoms with E-state index in [-0.39, 0.29) is 29.8 Å². The number of rotatable bonds is 0. The first-order chi connectivity index (χ1) is 5.00. The van der Waals surface area contributed by atoms with Crippen molar-refractivity contribution in [1.29, 1.82) is 26.3 Å². The molecule has 0 radical (unpaired) electrons. The van der Waals surface area contributed by atoms with Gasteiger partial charge in [0.15, 0.2) is 0 Å². The summed E-state index contributed by atoms with van der Waals surface area (Å²) in [5, 5.41) is 31.2. The Kier molecular flexibility index (Phi) is 1330. The van der Waals surface area contributed by atoms with Gasteiger partial charge in [-0.3, -0.25) is 0 Å². The van der Waals surface area contributed by atoms with Crippen molar-refractivity contribution < 1.29 is 22.4 Å². The van der Waals surface area contributed by atoms with E-state index in [1.54, 1.807) is 0 Å². The van der Waals surface area contributed by atoms with E-state index in [2.05, 4.69) is 0 Å². The summed E-state index contributed by atoms with van der Waals surface area (Å²) in [7, 11) is 0. The molecule has 0 saturated heterocycles. The molecular weight excluding hydrogens is 235 g/mol. The Morgan fingerprint density at radius 3 is 0.417 bits per heavy atom. The zero-order chi connectivity index (χ0) is 10.0. The molecular formula is C6H4N5Nb. The minimum Gasteiger partial charge on any atom is -0.512 e. The topological polar surface area (TPSA) is 119 Å². The molecule has 5 nitrogen and oxygen atoms in total. The minimum atomic E-state index is 0. The van der Waals surface area contributed by atoms with Crippen molar-refractivity contribution in [2.45, 2.75) is 7.43 Å². The molecule has 0 aromatic rings. The Morgan fingerprint density at radius 2 is 0.417 bits per heavy atom. The molecule has 0 N–H and O–H groups in total. The van der Waals surface area contributed by atoms with E-state index in [1.165, 1.54) is 0 Å². The van der Waals surface area contributed by atoms with Gasteiger partial charge in [-0.15, -0.1) is 0 Å². The van der Waals surface area contributed by atoms with Gasteiger partial charge < -0.3 is 59.2 Å². The summed E-state index contributed by atoms with van der Waals surface area (Å²) in [5.41, 5.74) is 0. The van der Waals surface area contributed by atoms with Gasteiger partial charge in [0.1, 0.15) is 0 Å². The van der Waals surface area contributed by atoms with Crippen LogP contribution in [0.2, 0.25) is 0 Å². The van der Waals surface area contributed by atoms with Gasteiger partial charge in [-0.2, -0.15) is 0 Å². The van der Waals surface area contributed by atoms with E-state index < -0.39 is 0 Å². The van der Waals surface area contributed by atoms with Crippen molar-refractivity contribution >= 4 is 0 Å². The fourth-order valence-corrected chi connectivity index (χ4v) is 0. The molecule has 12 heavy (non-hydrogen) atoms. The standard InChI is InChI=1S/5CN.CH4.Nb/c5*1-2;;/h;;;;;1H4;/q5*-1;;+5. The molecule has 58 valence electrons. The second kappa shape index (κ2) is 188. The monoisotopic (exact) mass is 239 g/mol. The molecule has 0 saturated carbocycles. The predicted molar refractivity (Wildman–Crippen MR) is 31.6 cm³/mol. The van der Waals surface area contributed by atoms with Crippen LogP contribution in [0.25, 0.3) is 0 Å². The molecule has 0 atom stereocenters. The smallest absolute Gasteiger partial charge is 0.512 e. The van der Waals surface area contributed by atoms with Crippen molar-refractivity contribution in [3.63, 3.8) is 0 Å². The van der Waals surface area contributed by atoms with E-state index in [0.29, 0.717) is 0 Å². The number of hydrogen-bond acceptors (Lipinski definition) is 5. The van der Waals surface area contributed by atoms with E-state index in [9.17, 15) is 0 Å². The van der Waals surface area contributed by atoms with Gasteiger partial charge in [0.05, 0.1) is 0 Å². The van der Waals surface area contributed by atoms with Gasteiger partial charge in [0, 0.05) is 0 Å². The summed E-state index contributed by atoms with van der Waals surface area (Å²) in [6.07, 6.45) is 0. The summed E-state index contributed by atoms with van der Waals surface area (Å²) in [4.78, 5) is 0. The van der Waals surface area contributed by atoms with Crippen LogP contribution >= 0.6 is 0 Å². The van der Waals surface area contributed by atoms with Crippen molar-refractivity contribution in [1.82, 2.24) is 0 Å². The van der Waals surface area contributed by atoms with Crippen molar-refractivity contribution in [3.8, 4) is 0 Å². The fourth-order valence-electron chi connectivity index (χ4n) is 0. The molecule has 0 amide bonds. The van der Waals surface area contributed by atoms with Crippen molar-refractivity contribution in [3.05, 3.63) is 32.9 Å². The third-order valence-electron chi connectivity index (χ3n) is 0. The van der Waals surface area contributed by atoms with Crippen LogP contribution < -0.4 is 0 Å². The third kappa shape index (κ3) is 129. The van der Waals surface area contributed by atoms with Crippen LogP contribution in [0, 0.1) is 59.2 Å². The molecule has 0 fully saturated rings. The molecule has 0 aliphatic heterocycles. The van der Waals surface area contributed by atoms with Gasteiger partial charge in [0.2, 0.25) is 0 Å². The second-order valence-corrected chi connectivity index (χ2v) is 0. The van der Waals surface area contributed by atoms with E-state index >= 15 is 0 Å². The SMILES string of the molecule is C.[C-]#N.[C-]#N.[C-]#N.[C-]#N.[C-]#N.[Nb+5]. The Morgan fingerprint density at radius 1 is 0.417 bits per heavy atom. The Bertz CT molecular complexity index is 74.5.